The zero-order chi connectivity index (χ0) is 16.2. The summed E-state index contributed by atoms with van der Waals surface area (Å²) in [5, 5.41) is 3.26. The molecule has 0 bridgehead atoms. The van der Waals surface area contributed by atoms with Crippen molar-refractivity contribution >= 4 is 29.9 Å². The van der Waals surface area contributed by atoms with Crippen LogP contribution in [-0.4, -0.2) is 67.2 Å². The van der Waals surface area contributed by atoms with Crippen LogP contribution in [0.5, 0.6) is 0 Å². The van der Waals surface area contributed by atoms with Crippen LogP contribution in [0.15, 0.2) is 4.99 Å². The lowest BCUT2D eigenvalue weighted by Crippen LogP contribution is -2.56. The van der Waals surface area contributed by atoms with Gasteiger partial charge in [-0.1, -0.05) is 12.8 Å². The number of guanidine groups is 1. The number of hydrogen-bond acceptors (Lipinski definition) is 2. The Morgan fingerprint density at radius 2 is 1.83 bits per heavy atom. The summed E-state index contributed by atoms with van der Waals surface area (Å²) in [4.78, 5) is 8.21. The van der Waals surface area contributed by atoms with E-state index in [1.165, 1.54) is 24.7 Å². The first kappa shape index (κ1) is 20.8. The Hall–Kier alpha value is -0.250. The van der Waals surface area contributed by atoms with E-state index in [1.807, 2.05) is 6.92 Å². The molecule has 136 valence electrons. The minimum Gasteiger partial charge on any atom is -0.357 e. The Kier molecular flexibility index (Phi) is 8.40. The zero-order valence-electron chi connectivity index (χ0n) is 13.9. The summed E-state index contributed by atoms with van der Waals surface area (Å²) in [5.74, 6) is 1.69. The quantitative estimate of drug-likeness (QED) is 0.399. The van der Waals surface area contributed by atoms with E-state index in [2.05, 4.69) is 15.2 Å². The van der Waals surface area contributed by atoms with Gasteiger partial charge in [-0.15, -0.1) is 24.0 Å². The van der Waals surface area contributed by atoms with Gasteiger partial charge in [-0.3, -0.25) is 9.89 Å². The van der Waals surface area contributed by atoms with Crippen molar-refractivity contribution in [2.24, 2.45) is 10.9 Å². The third-order valence-electron chi connectivity index (χ3n) is 4.47. The summed E-state index contributed by atoms with van der Waals surface area (Å²) in [6.07, 6.45) is -0.384. The van der Waals surface area contributed by atoms with Gasteiger partial charge in [-0.2, -0.15) is 13.2 Å². The van der Waals surface area contributed by atoms with Crippen molar-refractivity contribution in [2.75, 3.05) is 39.3 Å². The van der Waals surface area contributed by atoms with Gasteiger partial charge in [-0.05, 0) is 26.2 Å². The molecule has 8 heteroatoms. The van der Waals surface area contributed by atoms with Crippen LogP contribution in [0.25, 0.3) is 0 Å². The maximum absolute atomic E-state index is 12.8. The van der Waals surface area contributed by atoms with Gasteiger partial charge in [0.2, 0.25) is 0 Å². The van der Waals surface area contributed by atoms with Gasteiger partial charge in [-0.25, -0.2) is 0 Å². The lowest BCUT2D eigenvalue weighted by molar-refractivity contribution is -0.181. The van der Waals surface area contributed by atoms with Crippen LogP contribution >= 0.6 is 24.0 Å². The molecule has 0 aromatic rings. The first-order chi connectivity index (χ1) is 10.4. The predicted molar refractivity (Wildman–Crippen MR) is 97.4 cm³/mol. The lowest BCUT2D eigenvalue weighted by Gasteiger charge is -2.39. The topological polar surface area (TPSA) is 30.9 Å². The number of halogens is 4. The van der Waals surface area contributed by atoms with Crippen LogP contribution in [0, 0.1) is 5.92 Å². The highest BCUT2D eigenvalue weighted by Gasteiger charge is 2.41. The molecule has 2 rings (SSSR count). The molecule has 0 aromatic heterocycles. The highest BCUT2D eigenvalue weighted by Crippen LogP contribution is 2.32. The van der Waals surface area contributed by atoms with E-state index in [0.717, 1.165) is 31.4 Å². The van der Waals surface area contributed by atoms with E-state index < -0.39 is 12.2 Å². The number of nitrogens with one attached hydrogen (secondary N) is 1. The highest BCUT2D eigenvalue weighted by molar-refractivity contribution is 14.0. The van der Waals surface area contributed by atoms with Gasteiger partial charge in [0.1, 0.15) is 6.04 Å². The van der Waals surface area contributed by atoms with Crippen LogP contribution in [0.2, 0.25) is 0 Å². The Balaban J connectivity index is 0.00000264. The van der Waals surface area contributed by atoms with Crippen molar-refractivity contribution in [1.29, 1.82) is 0 Å². The molecule has 2 aliphatic rings. The van der Waals surface area contributed by atoms with Crippen molar-refractivity contribution in [3.63, 3.8) is 0 Å². The van der Waals surface area contributed by atoms with Crippen LogP contribution in [-0.2, 0) is 0 Å². The number of rotatable bonds is 5. The van der Waals surface area contributed by atoms with Gasteiger partial charge in [0.25, 0.3) is 0 Å². The van der Waals surface area contributed by atoms with Crippen molar-refractivity contribution in [3.05, 3.63) is 0 Å². The molecule has 1 unspecified atom stereocenters. The van der Waals surface area contributed by atoms with Gasteiger partial charge < -0.3 is 10.2 Å². The summed E-state index contributed by atoms with van der Waals surface area (Å²) >= 11 is 0. The zero-order valence-corrected chi connectivity index (χ0v) is 16.2. The predicted octanol–water partition coefficient (Wildman–Crippen LogP) is 2.94. The summed E-state index contributed by atoms with van der Waals surface area (Å²) in [6.45, 7) is 6.88. The van der Waals surface area contributed by atoms with E-state index >= 15 is 0 Å². The smallest absolute Gasteiger partial charge is 0.357 e. The second kappa shape index (κ2) is 9.29. The first-order valence-corrected chi connectivity index (χ1v) is 8.25. The molecule has 1 aliphatic carbocycles. The number of aliphatic imine (C=N–C) groups is 1. The lowest BCUT2D eigenvalue weighted by atomic mass is 10.2. The largest absolute Gasteiger partial charge is 0.403 e. The van der Waals surface area contributed by atoms with Crippen molar-refractivity contribution in [1.82, 2.24) is 15.1 Å². The SMILES string of the molecule is CCNC(=NCCC1CC1)N1CCN(C(C)C(F)(F)F)CC1.I. The molecule has 2 fully saturated rings. The van der Waals surface area contributed by atoms with Crippen LogP contribution < -0.4 is 5.32 Å². The van der Waals surface area contributed by atoms with Crippen LogP contribution in [0.4, 0.5) is 13.2 Å². The Morgan fingerprint density at radius 1 is 1.22 bits per heavy atom. The third kappa shape index (κ3) is 6.64. The van der Waals surface area contributed by atoms with E-state index in [4.69, 9.17) is 0 Å². The maximum atomic E-state index is 12.8. The number of hydrogen-bond donors (Lipinski definition) is 1. The average molecular weight is 448 g/mol. The van der Waals surface area contributed by atoms with Gasteiger partial charge in [0.05, 0.1) is 0 Å². The normalized spacial score (nSPS) is 21.8. The molecule has 1 saturated heterocycles. The standard InChI is InChI=1S/C15H27F3N4.HI/c1-3-19-14(20-7-6-13-4-5-13)22-10-8-21(9-11-22)12(2)15(16,17)18;/h12-13H,3-11H2,1-2H3,(H,19,20);1H. The van der Waals surface area contributed by atoms with Crippen molar-refractivity contribution in [2.45, 2.75) is 45.3 Å². The molecule has 4 nitrogen and oxygen atoms in total. The number of piperazine rings is 1. The van der Waals surface area contributed by atoms with Gasteiger partial charge >= 0.3 is 6.18 Å². The second-order valence-corrected chi connectivity index (χ2v) is 6.21. The van der Waals surface area contributed by atoms with Crippen LogP contribution in [0.3, 0.4) is 0 Å². The summed E-state index contributed by atoms with van der Waals surface area (Å²) in [5.41, 5.74) is 0. The molecule has 0 radical (unpaired) electrons. The van der Waals surface area contributed by atoms with E-state index in [9.17, 15) is 13.2 Å². The summed E-state index contributed by atoms with van der Waals surface area (Å²) in [6, 6.07) is -1.37. The maximum Gasteiger partial charge on any atom is 0.403 e. The minimum absolute atomic E-state index is 0. The van der Waals surface area contributed by atoms with E-state index in [1.54, 1.807) is 0 Å². The number of nitrogens with zero attached hydrogens (tertiary/aromatic N) is 3. The minimum atomic E-state index is -4.15. The van der Waals surface area contributed by atoms with Crippen molar-refractivity contribution < 1.29 is 13.2 Å². The average Bonchev–Trinajstić information content (AvgIpc) is 3.29. The molecule has 1 aliphatic heterocycles. The molecule has 1 atom stereocenters. The highest BCUT2D eigenvalue weighted by atomic mass is 127. The van der Waals surface area contributed by atoms with Crippen molar-refractivity contribution in [3.8, 4) is 0 Å². The Bertz CT molecular complexity index is 377. The first-order valence-electron chi connectivity index (χ1n) is 8.25. The Morgan fingerprint density at radius 3 is 2.30 bits per heavy atom. The number of alkyl halides is 3. The third-order valence-corrected chi connectivity index (χ3v) is 4.47. The molecule has 1 heterocycles. The molecule has 23 heavy (non-hydrogen) atoms. The molecular weight excluding hydrogens is 420 g/mol. The Labute approximate surface area is 153 Å². The van der Waals surface area contributed by atoms with E-state index in [0.29, 0.717) is 26.2 Å². The van der Waals surface area contributed by atoms with Gasteiger partial charge in [0, 0.05) is 39.3 Å². The van der Waals surface area contributed by atoms with E-state index in [-0.39, 0.29) is 24.0 Å². The fourth-order valence-corrected chi connectivity index (χ4v) is 2.71. The molecule has 0 amide bonds. The monoisotopic (exact) mass is 448 g/mol. The fourth-order valence-electron chi connectivity index (χ4n) is 2.71. The molecule has 1 saturated carbocycles. The molecular formula is C15H28F3IN4. The molecule has 0 aromatic carbocycles. The van der Waals surface area contributed by atoms with Gasteiger partial charge in [0.15, 0.2) is 5.96 Å². The van der Waals surface area contributed by atoms with Crippen LogP contribution in [0.1, 0.15) is 33.1 Å². The summed E-state index contributed by atoms with van der Waals surface area (Å²) in [7, 11) is 0. The fraction of sp³-hybridized carbons (Fsp3) is 0.933. The molecule has 1 N–H and O–H groups in total. The summed E-state index contributed by atoms with van der Waals surface area (Å²) < 4.78 is 38.3. The molecule has 0 spiro atoms. The second-order valence-electron chi connectivity index (χ2n) is 6.21.